The second kappa shape index (κ2) is 8.31. The predicted octanol–water partition coefficient (Wildman–Crippen LogP) is 2.51. The molecule has 1 saturated heterocycles. The SMILES string of the molecule is O=C(NCCCN1CCOCC1)c1cc(Br)ccc1I. The van der Waals surface area contributed by atoms with E-state index in [0.29, 0.717) is 6.54 Å². The Morgan fingerprint density at radius 2 is 2.15 bits per heavy atom. The molecule has 1 aromatic carbocycles. The lowest BCUT2D eigenvalue weighted by atomic mass is 10.2. The zero-order valence-corrected chi connectivity index (χ0v) is 14.9. The summed E-state index contributed by atoms with van der Waals surface area (Å²) in [4.78, 5) is 14.5. The molecule has 1 aliphatic rings. The van der Waals surface area contributed by atoms with Crippen molar-refractivity contribution in [1.29, 1.82) is 0 Å². The van der Waals surface area contributed by atoms with E-state index in [2.05, 4.69) is 48.7 Å². The number of benzene rings is 1. The first kappa shape index (κ1) is 16.2. The Morgan fingerprint density at radius 1 is 1.40 bits per heavy atom. The summed E-state index contributed by atoms with van der Waals surface area (Å²) < 4.78 is 7.21. The number of halogens is 2. The van der Waals surface area contributed by atoms with Crippen molar-refractivity contribution in [2.75, 3.05) is 39.4 Å². The Balaban J connectivity index is 1.73. The van der Waals surface area contributed by atoms with Crippen LogP contribution in [0.15, 0.2) is 22.7 Å². The molecule has 20 heavy (non-hydrogen) atoms. The number of nitrogens with zero attached hydrogens (tertiary/aromatic N) is 1. The van der Waals surface area contributed by atoms with E-state index in [1.165, 1.54) is 0 Å². The minimum atomic E-state index is -0.00215. The van der Waals surface area contributed by atoms with Gasteiger partial charge in [0, 0.05) is 27.7 Å². The van der Waals surface area contributed by atoms with Gasteiger partial charge in [-0.3, -0.25) is 9.69 Å². The van der Waals surface area contributed by atoms with Crippen LogP contribution in [0.2, 0.25) is 0 Å². The molecule has 1 aliphatic heterocycles. The molecule has 0 radical (unpaired) electrons. The maximum absolute atomic E-state index is 12.1. The summed E-state index contributed by atoms with van der Waals surface area (Å²) in [6.07, 6.45) is 0.969. The first-order chi connectivity index (χ1) is 9.66. The zero-order valence-electron chi connectivity index (χ0n) is 11.2. The minimum Gasteiger partial charge on any atom is -0.379 e. The summed E-state index contributed by atoms with van der Waals surface area (Å²) in [5.74, 6) is -0.00215. The summed E-state index contributed by atoms with van der Waals surface area (Å²) >= 11 is 5.58. The summed E-state index contributed by atoms with van der Waals surface area (Å²) in [5.41, 5.74) is 0.728. The molecule has 0 spiro atoms. The molecule has 110 valence electrons. The van der Waals surface area contributed by atoms with E-state index < -0.39 is 0 Å². The molecular formula is C14H18BrIN2O2. The van der Waals surface area contributed by atoms with Crippen LogP contribution in [-0.2, 0) is 4.74 Å². The van der Waals surface area contributed by atoms with E-state index in [1.807, 2.05) is 18.2 Å². The Bertz CT molecular complexity index is 464. The molecule has 0 atom stereocenters. The Hall–Kier alpha value is -0.180. The van der Waals surface area contributed by atoms with Crippen molar-refractivity contribution in [2.45, 2.75) is 6.42 Å². The van der Waals surface area contributed by atoms with Gasteiger partial charge in [-0.2, -0.15) is 0 Å². The third kappa shape index (κ3) is 4.98. The van der Waals surface area contributed by atoms with Crippen LogP contribution in [0.25, 0.3) is 0 Å². The van der Waals surface area contributed by atoms with Crippen LogP contribution >= 0.6 is 38.5 Å². The third-order valence-corrected chi connectivity index (χ3v) is 4.65. The number of hydrogen-bond acceptors (Lipinski definition) is 3. The fourth-order valence-corrected chi connectivity index (χ4v) is 3.04. The van der Waals surface area contributed by atoms with E-state index >= 15 is 0 Å². The van der Waals surface area contributed by atoms with Crippen molar-refractivity contribution in [3.63, 3.8) is 0 Å². The van der Waals surface area contributed by atoms with Gasteiger partial charge >= 0.3 is 0 Å². The van der Waals surface area contributed by atoms with Crippen LogP contribution in [0.1, 0.15) is 16.8 Å². The summed E-state index contributed by atoms with van der Waals surface area (Å²) in [6.45, 7) is 5.36. The normalized spacial score (nSPS) is 16.1. The molecule has 6 heteroatoms. The maximum Gasteiger partial charge on any atom is 0.252 e. The number of carbonyl (C=O) groups excluding carboxylic acids is 1. The number of hydrogen-bond donors (Lipinski definition) is 1. The molecule has 2 rings (SSSR count). The van der Waals surface area contributed by atoms with Crippen LogP contribution in [0.4, 0.5) is 0 Å². The quantitative estimate of drug-likeness (QED) is 0.551. The molecule has 4 nitrogen and oxygen atoms in total. The lowest BCUT2D eigenvalue weighted by Gasteiger charge is -2.26. The van der Waals surface area contributed by atoms with Crippen molar-refractivity contribution in [1.82, 2.24) is 10.2 Å². The smallest absolute Gasteiger partial charge is 0.252 e. The Labute approximate surface area is 141 Å². The predicted molar refractivity (Wildman–Crippen MR) is 91.1 cm³/mol. The molecule has 1 aromatic rings. The van der Waals surface area contributed by atoms with Crippen molar-refractivity contribution >= 4 is 44.4 Å². The van der Waals surface area contributed by atoms with Gasteiger partial charge in [0.15, 0.2) is 0 Å². The lowest BCUT2D eigenvalue weighted by Crippen LogP contribution is -2.38. The number of rotatable bonds is 5. The van der Waals surface area contributed by atoms with Crippen LogP contribution in [-0.4, -0.2) is 50.2 Å². The average Bonchev–Trinajstić information content (AvgIpc) is 2.47. The van der Waals surface area contributed by atoms with Crippen molar-refractivity contribution < 1.29 is 9.53 Å². The van der Waals surface area contributed by atoms with E-state index in [9.17, 15) is 4.79 Å². The van der Waals surface area contributed by atoms with Gasteiger partial charge in [0.1, 0.15) is 0 Å². The summed E-state index contributed by atoms with van der Waals surface area (Å²) in [5, 5.41) is 2.98. The molecule has 1 N–H and O–H groups in total. The number of nitrogens with one attached hydrogen (secondary N) is 1. The lowest BCUT2D eigenvalue weighted by molar-refractivity contribution is 0.0374. The molecule has 0 aromatic heterocycles. The van der Waals surface area contributed by atoms with E-state index in [1.54, 1.807) is 0 Å². The third-order valence-electron chi connectivity index (χ3n) is 3.21. The number of ether oxygens (including phenoxy) is 1. The van der Waals surface area contributed by atoms with E-state index in [0.717, 1.165) is 52.9 Å². The van der Waals surface area contributed by atoms with Crippen molar-refractivity contribution in [3.8, 4) is 0 Å². The highest BCUT2D eigenvalue weighted by Crippen LogP contribution is 2.18. The topological polar surface area (TPSA) is 41.6 Å². The second-order valence-corrected chi connectivity index (χ2v) is 6.77. The van der Waals surface area contributed by atoms with Crippen LogP contribution in [0.3, 0.4) is 0 Å². The highest BCUT2D eigenvalue weighted by molar-refractivity contribution is 14.1. The highest BCUT2D eigenvalue weighted by Gasteiger charge is 2.11. The first-order valence-corrected chi connectivity index (χ1v) is 8.57. The van der Waals surface area contributed by atoms with Crippen LogP contribution in [0, 0.1) is 3.57 Å². The number of morpholine rings is 1. The molecule has 0 aliphatic carbocycles. The van der Waals surface area contributed by atoms with Gasteiger partial charge in [-0.15, -0.1) is 0 Å². The molecule has 0 bridgehead atoms. The number of carbonyl (C=O) groups is 1. The molecule has 0 unspecified atom stereocenters. The van der Waals surface area contributed by atoms with Gasteiger partial charge in [0.2, 0.25) is 0 Å². The van der Waals surface area contributed by atoms with Crippen LogP contribution < -0.4 is 5.32 Å². The van der Waals surface area contributed by atoms with E-state index in [-0.39, 0.29) is 5.91 Å². The van der Waals surface area contributed by atoms with Gasteiger partial charge in [-0.1, -0.05) is 15.9 Å². The second-order valence-electron chi connectivity index (χ2n) is 4.69. The molecule has 1 amide bonds. The first-order valence-electron chi connectivity index (χ1n) is 6.70. The Morgan fingerprint density at radius 3 is 2.90 bits per heavy atom. The number of amides is 1. The largest absolute Gasteiger partial charge is 0.379 e. The fraction of sp³-hybridized carbons (Fsp3) is 0.500. The van der Waals surface area contributed by atoms with Crippen LogP contribution in [0.5, 0.6) is 0 Å². The molecule has 0 saturated carbocycles. The van der Waals surface area contributed by atoms with Crippen molar-refractivity contribution in [3.05, 3.63) is 31.8 Å². The van der Waals surface area contributed by atoms with Crippen molar-refractivity contribution in [2.24, 2.45) is 0 Å². The fourth-order valence-electron chi connectivity index (χ4n) is 2.10. The standard InChI is InChI=1S/C14H18BrIN2O2/c15-11-2-3-13(16)12(10-11)14(19)17-4-1-5-18-6-8-20-9-7-18/h2-3,10H,1,4-9H2,(H,17,19). The Kier molecular flexibility index (Phi) is 6.73. The van der Waals surface area contributed by atoms with Gasteiger partial charge < -0.3 is 10.1 Å². The monoisotopic (exact) mass is 452 g/mol. The summed E-state index contributed by atoms with van der Waals surface area (Å²) in [6, 6.07) is 5.74. The van der Waals surface area contributed by atoms with Gasteiger partial charge in [-0.05, 0) is 53.8 Å². The van der Waals surface area contributed by atoms with Gasteiger partial charge in [-0.25, -0.2) is 0 Å². The zero-order chi connectivity index (χ0) is 14.4. The highest BCUT2D eigenvalue weighted by atomic mass is 127. The van der Waals surface area contributed by atoms with Gasteiger partial charge in [0.25, 0.3) is 5.91 Å². The minimum absolute atomic E-state index is 0.00215. The molecular weight excluding hydrogens is 435 g/mol. The van der Waals surface area contributed by atoms with E-state index in [4.69, 9.17) is 4.74 Å². The molecule has 1 heterocycles. The maximum atomic E-state index is 12.1. The average molecular weight is 453 g/mol. The van der Waals surface area contributed by atoms with Gasteiger partial charge in [0.05, 0.1) is 18.8 Å². The summed E-state index contributed by atoms with van der Waals surface area (Å²) in [7, 11) is 0. The molecule has 1 fully saturated rings.